The van der Waals surface area contributed by atoms with Crippen LogP contribution in [-0.4, -0.2) is 36.1 Å². The summed E-state index contributed by atoms with van der Waals surface area (Å²) in [7, 11) is 0. The second-order valence-corrected chi connectivity index (χ2v) is 6.13. The standard InChI is InChI=1S/C17H20N4O2/c22-21(23)17-3-1-15(2-4-17)13-19-9-11-20(12-10-19)14-16-5-7-18-8-6-16/h1-8H,9-14H2/p+2. The molecule has 0 unspecified atom stereocenters. The van der Waals surface area contributed by atoms with Gasteiger partial charge in [0.05, 0.1) is 4.92 Å². The molecule has 1 fully saturated rings. The lowest BCUT2D eigenvalue weighted by Gasteiger charge is -2.29. The van der Waals surface area contributed by atoms with Gasteiger partial charge in [0.25, 0.3) is 5.69 Å². The van der Waals surface area contributed by atoms with E-state index in [-0.39, 0.29) is 10.6 Å². The minimum atomic E-state index is -0.349. The summed E-state index contributed by atoms with van der Waals surface area (Å²) in [6.07, 6.45) is 3.70. The van der Waals surface area contributed by atoms with Crippen LogP contribution in [0, 0.1) is 10.1 Å². The number of piperazine rings is 1. The Kier molecular flexibility index (Phi) is 4.95. The maximum atomic E-state index is 10.7. The van der Waals surface area contributed by atoms with Gasteiger partial charge in [-0.15, -0.1) is 0 Å². The van der Waals surface area contributed by atoms with Crippen molar-refractivity contribution in [3.63, 3.8) is 0 Å². The third kappa shape index (κ3) is 4.34. The van der Waals surface area contributed by atoms with E-state index in [1.165, 1.54) is 11.1 Å². The summed E-state index contributed by atoms with van der Waals surface area (Å²) >= 11 is 0. The molecule has 0 radical (unpaired) electrons. The Labute approximate surface area is 135 Å². The number of hydrogen-bond acceptors (Lipinski definition) is 3. The number of rotatable bonds is 5. The average Bonchev–Trinajstić information content (AvgIpc) is 2.58. The molecule has 1 aliphatic heterocycles. The van der Waals surface area contributed by atoms with Crippen LogP contribution in [0.3, 0.4) is 0 Å². The highest BCUT2D eigenvalue weighted by molar-refractivity contribution is 5.32. The Hall–Kier alpha value is -2.31. The second kappa shape index (κ2) is 7.30. The summed E-state index contributed by atoms with van der Waals surface area (Å²) in [5, 5.41) is 10.7. The molecule has 0 bridgehead atoms. The molecule has 1 aliphatic rings. The van der Waals surface area contributed by atoms with Crippen molar-refractivity contribution < 1.29 is 14.7 Å². The number of nitro benzene ring substituents is 1. The largest absolute Gasteiger partial charge is 0.322 e. The Morgan fingerprint density at radius 1 is 0.870 bits per heavy atom. The molecule has 3 rings (SSSR count). The van der Waals surface area contributed by atoms with E-state index in [4.69, 9.17) is 0 Å². The maximum Gasteiger partial charge on any atom is 0.269 e. The van der Waals surface area contributed by atoms with Crippen molar-refractivity contribution in [1.82, 2.24) is 4.98 Å². The van der Waals surface area contributed by atoms with Crippen molar-refractivity contribution in [2.75, 3.05) is 26.2 Å². The quantitative estimate of drug-likeness (QED) is 0.576. The van der Waals surface area contributed by atoms with E-state index in [1.54, 1.807) is 21.9 Å². The molecule has 0 saturated carbocycles. The van der Waals surface area contributed by atoms with Gasteiger partial charge in [-0.25, -0.2) is 0 Å². The van der Waals surface area contributed by atoms with Crippen LogP contribution in [0.5, 0.6) is 0 Å². The van der Waals surface area contributed by atoms with Crippen LogP contribution < -0.4 is 9.80 Å². The maximum absolute atomic E-state index is 10.7. The zero-order valence-corrected chi connectivity index (χ0v) is 13.1. The molecule has 6 heteroatoms. The fourth-order valence-electron chi connectivity index (χ4n) is 3.12. The summed E-state index contributed by atoms with van der Waals surface area (Å²) in [4.78, 5) is 17.6. The van der Waals surface area contributed by atoms with Crippen molar-refractivity contribution >= 4 is 5.69 Å². The molecular formula is C17H22N4O2+2. The minimum Gasteiger partial charge on any atom is -0.322 e. The number of nitrogens with one attached hydrogen (secondary N) is 2. The normalized spacial score (nSPS) is 21.0. The molecule has 0 amide bonds. The fraction of sp³-hybridized carbons (Fsp3) is 0.353. The number of pyridine rings is 1. The van der Waals surface area contributed by atoms with Crippen molar-refractivity contribution in [3.8, 4) is 0 Å². The van der Waals surface area contributed by atoms with Crippen LogP contribution in [-0.2, 0) is 13.1 Å². The first kappa shape index (κ1) is 15.6. The number of aromatic nitrogens is 1. The topological polar surface area (TPSA) is 64.9 Å². The molecule has 1 aromatic carbocycles. The average molecular weight is 314 g/mol. The van der Waals surface area contributed by atoms with Gasteiger partial charge in [0.15, 0.2) is 0 Å². The lowest BCUT2D eigenvalue weighted by atomic mass is 10.1. The summed E-state index contributed by atoms with van der Waals surface area (Å²) in [6, 6.07) is 11.1. The first-order chi connectivity index (χ1) is 11.2. The fourth-order valence-corrected chi connectivity index (χ4v) is 3.12. The highest BCUT2D eigenvalue weighted by Gasteiger charge is 2.23. The Balaban J connectivity index is 1.48. The van der Waals surface area contributed by atoms with E-state index in [9.17, 15) is 10.1 Å². The highest BCUT2D eigenvalue weighted by Crippen LogP contribution is 2.11. The molecule has 0 spiro atoms. The SMILES string of the molecule is O=[N+]([O-])c1ccc(C[NH+]2CC[NH+](Cc3ccncc3)CC2)cc1. The van der Waals surface area contributed by atoms with Crippen molar-refractivity contribution in [2.24, 2.45) is 0 Å². The zero-order chi connectivity index (χ0) is 16.1. The van der Waals surface area contributed by atoms with Crippen LogP contribution in [0.25, 0.3) is 0 Å². The van der Waals surface area contributed by atoms with Gasteiger partial charge in [-0.1, -0.05) is 0 Å². The van der Waals surface area contributed by atoms with Gasteiger partial charge >= 0.3 is 0 Å². The number of non-ortho nitro benzene ring substituents is 1. The Morgan fingerprint density at radius 3 is 1.83 bits per heavy atom. The number of nitrogens with zero attached hydrogens (tertiary/aromatic N) is 2. The molecule has 1 saturated heterocycles. The van der Waals surface area contributed by atoms with Crippen molar-refractivity contribution in [2.45, 2.75) is 13.1 Å². The van der Waals surface area contributed by atoms with Gasteiger partial charge in [-0.2, -0.15) is 0 Å². The molecule has 2 N–H and O–H groups in total. The first-order valence-corrected chi connectivity index (χ1v) is 8.00. The van der Waals surface area contributed by atoms with E-state index in [0.29, 0.717) is 0 Å². The molecule has 2 aromatic rings. The second-order valence-electron chi connectivity index (χ2n) is 6.13. The predicted molar refractivity (Wildman–Crippen MR) is 86.1 cm³/mol. The van der Waals surface area contributed by atoms with Crippen LogP contribution in [0.2, 0.25) is 0 Å². The van der Waals surface area contributed by atoms with Gasteiger partial charge in [0, 0.05) is 35.7 Å². The molecule has 23 heavy (non-hydrogen) atoms. The van der Waals surface area contributed by atoms with Crippen LogP contribution in [0.4, 0.5) is 5.69 Å². The summed E-state index contributed by atoms with van der Waals surface area (Å²) in [5.74, 6) is 0. The summed E-state index contributed by atoms with van der Waals surface area (Å²) in [6.45, 7) is 6.60. The van der Waals surface area contributed by atoms with Gasteiger partial charge in [0.2, 0.25) is 0 Å². The molecule has 1 aromatic heterocycles. The number of hydrogen-bond donors (Lipinski definition) is 2. The first-order valence-electron chi connectivity index (χ1n) is 8.00. The number of nitro groups is 1. The molecule has 2 heterocycles. The zero-order valence-electron chi connectivity index (χ0n) is 13.1. The highest BCUT2D eigenvalue weighted by atomic mass is 16.6. The molecule has 120 valence electrons. The van der Waals surface area contributed by atoms with E-state index in [2.05, 4.69) is 17.1 Å². The van der Waals surface area contributed by atoms with Gasteiger partial charge in [-0.3, -0.25) is 15.1 Å². The summed E-state index contributed by atoms with van der Waals surface area (Å²) < 4.78 is 0. The molecule has 6 nitrogen and oxygen atoms in total. The molecule has 0 atom stereocenters. The van der Waals surface area contributed by atoms with Gasteiger partial charge in [0.1, 0.15) is 39.3 Å². The van der Waals surface area contributed by atoms with Gasteiger partial charge in [-0.05, 0) is 24.3 Å². The lowest BCUT2D eigenvalue weighted by Crippen LogP contribution is -3.27. The molecule has 0 aliphatic carbocycles. The van der Waals surface area contributed by atoms with Crippen molar-refractivity contribution in [3.05, 3.63) is 70.0 Å². The van der Waals surface area contributed by atoms with Crippen LogP contribution >= 0.6 is 0 Å². The summed E-state index contributed by atoms with van der Waals surface area (Å²) in [5.41, 5.74) is 2.67. The van der Waals surface area contributed by atoms with Crippen molar-refractivity contribution in [1.29, 1.82) is 0 Å². The monoisotopic (exact) mass is 314 g/mol. The van der Waals surface area contributed by atoms with E-state index < -0.39 is 0 Å². The van der Waals surface area contributed by atoms with E-state index in [1.807, 2.05) is 24.5 Å². The lowest BCUT2D eigenvalue weighted by molar-refractivity contribution is -1.02. The van der Waals surface area contributed by atoms with E-state index in [0.717, 1.165) is 39.3 Å². The van der Waals surface area contributed by atoms with Crippen LogP contribution in [0.1, 0.15) is 11.1 Å². The number of quaternary nitrogens is 2. The minimum absolute atomic E-state index is 0.162. The number of benzene rings is 1. The predicted octanol–water partition coefficient (Wildman–Crippen LogP) is -0.527. The third-order valence-corrected chi connectivity index (χ3v) is 4.47. The van der Waals surface area contributed by atoms with E-state index >= 15 is 0 Å². The smallest absolute Gasteiger partial charge is 0.269 e. The Bertz CT molecular complexity index is 637. The molecular weight excluding hydrogens is 292 g/mol. The van der Waals surface area contributed by atoms with Crippen LogP contribution in [0.15, 0.2) is 48.8 Å². The van der Waals surface area contributed by atoms with Gasteiger partial charge < -0.3 is 9.80 Å². The Morgan fingerprint density at radius 2 is 1.35 bits per heavy atom. The third-order valence-electron chi connectivity index (χ3n) is 4.47.